The van der Waals surface area contributed by atoms with Crippen LogP contribution in [0.2, 0.25) is 0 Å². The lowest BCUT2D eigenvalue weighted by molar-refractivity contribution is -0.131. The van der Waals surface area contributed by atoms with Crippen LogP contribution in [0.5, 0.6) is 11.5 Å². The molecular weight excluding hydrogens is 514 g/mol. The van der Waals surface area contributed by atoms with Gasteiger partial charge in [0.15, 0.2) is 4.80 Å². The van der Waals surface area contributed by atoms with Gasteiger partial charge in [-0.3, -0.25) is 19.0 Å². The number of rotatable bonds is 6. The van der Waals surface area contributed by atoms with E-state index in [4.69, 9.17) is 9.47 Å². The van der Waals surface area contributed by atoms with Crippen LogP contribution in [0.4, 0.5) is 5.69 Å². The molecule has 3 aromatic carbocycles. The fourth-order valence-corrected chi connectivity index (χ4v) is 5.49. The van der Waals surface area contributed by atoms with Crippen molar-refractivity contribution in [3.8, 4) is 11.5 Å². The summed E-state index contributed by atoms with van der Waals surface area (Å²) in [7, 11) is 1.57. The van der Waals surface area contributed by atoms with Crippen LogP contribution in [0, 0.1) is 0 Å². The second-order valence-corrected chi connectivity index (χ2v) is 9.85. The molecule has 5 rings (SSSR count). The molecule has 0 aliphatic carbocycles. The van der Waals surface area contributed by atoms with E-state index in [2.05, 4.69) is 10.3 Å². The Hall–Kier alpha value is -4.76. The number of para-hydroxylation sites is 1. The van der Waals surface area contributed by atoms with Crippen LogP contribution in [0.15, 0.2) is 99.9 Å². The zero-order valence-electron chi connectivity index (χ0n) is 21.5. The minimum atomic E-state index is -0.727. The van der Waals surface area contributed by atoms with Gasteiger partial charge in [-0.1, -0.05) is 53.8 Å². The summed E-state index contributed by atoms with van der Waals surface area (Å²) in [5.41, 5.74) is 2.63. The number of carbonyl (C=O) groups excluding carboxylic acids is 2. The van der Waals surface area contributed by atoms with Gasteiger partial charge in [0.2, 0.25) is 0 Å². The Labute approximate surface area is 228 Å². The van der Waals surface area contributed by atoms with Crippen LogP contribution >= 0.6 is 11.3 Å². The Morgan fingerprint density at radius 1 is 1.00 bits per heavy atom. The standard InChI is InChI=1S/C30H25N3O5S/c1-18-26(28(35)32-22-11-5-4-6-12-22)27(21-10-8-13-23(17-21)37-3)33-29(36)25(39-30(33)31-18)16-20-9-7-14-24(15-20)38-19(2)34/h4-17,27H,1-3H3,(H,32,35)/b25-16-/t27-/m0/s1. The number of hydrogen-bond acceptors (Lipinski definition) is 7. The Morgan fingerprint density at radius 3 is 2.49 bits per heavy atom. The van der Waals surface area contributed by atoms with Crippen LogP contribution < -0.4 is 29.7 Å². The summed E-state index contributed by atoms with van der Waals surface area (Å²) in [6, 6.07) is 22.6. The molecule has 0 saturated carbocycles. The van der Waals surface area contributed by atoms with Gasteiger partial charge in [-0.2, -0.15) is 0 Å². The van der Waals surface area contributed by atoms with Crippen molar-refractivity contribution >= 4 is 35.0 Å². The molecule has 1 aliphatic rings. The molecule has 1 amide bonds. The molecule has 39 heavy (non-hydrogen) atoms. The molecule has 1 N–H and O–H groups in total. The Bertz CT molecular complexity index is 1790. The van der Waals surface area contributed by atoms with Crippen molar-refractivity contribution in [2.24, 2.45) is 4.99 Å². The summed E-state index contributed by atoms with van der Waals surface area (Å²) in [4.78, 5) is 44.0. The zero-order chi connectivity index (χ0) is 27.5. The van der Waals surface area contributed by atoms with Crippen LogP contribution in [-0.4, -0.2) is 23.6 Å². The molecule has 9 heteroatoms. The number of amides is 1. The minimum Gasteiger partial charge on any atom is -0.497 e. The van der Waals surface area contributed by atoms with Crippen molar-refractivity contribution in [2.45, 2.75) is 19.9 Å². The van der Waals surface area contributed by atoms with E-state index >= 15 is 0 Å². The van der Waals surface area contributed by atoms with Crippen molar-refractivity contribution in [1.82, 2.24) is 4.57 Å². The van der Waals surface area contributed by atoms with E-state index in [9.17, 15) is 14.4 Å². The molecule has 0 spiro atoms. The van der Waals surface area contributed by atoms with Crippen molar-refractivity contribution in [3.63, 3.8) is 0 Å². The Balaban J connectivity index is 1.66. The summed E-state index contributed by atoms with van der Waals surface area (Å²) >= 11 is 1.23. The molecule has 1 atom stereocenters. The number of nitrogens with zero attached hydrogens (tertiary/aromatic N) is 2. The topological polar surface area (TPSA) is 99.0 Å². The maximum Gasteiger partial charge on any atom is 0.308 e. The number of esters is 1. The summed E-state index contributed by atoms with van der Waals surface area (Å²) in [6.45, 7) is 3.10. The van der Waals surface area contributed by atoms with Crippen molar-refractivity contribution < 1.29 is 19.1 Å². The molecule has 0 fully saturated rings. The first kappa shape index (κ1) is 25.9. The lowest BCUT2D eigenvalue weighted by Crippen LogP contribution is -2.40. The van der Waals surface area contributed by atoms with Crippen LogP contribution in [0.25, 0.3) is 6.08 Å². The second-order valence-electron chi connectivity index (χ2n) is 8.84. The number of anilines is 1. The minimum absolute atomic E-state index is 0.290. The molecule has 2 heterocycles. The quantitative estimate of drug-likeness (QED) is 0.297. The van der Waals surface area contributed by atoms with Gasteiger partial charge in [-0.15, -0.1) is 0 Å². The lowest BCUT2D eigenvalue weighted by atomic mass is 9.95. The first-order valence-corrected chi connectivity index (χ1v) is 13.0. The van der Waals surface area contributed by atoms with Crippen LogP contribution in [0.1, 0.15) is 31.0 Å². The largest absolute Gasteiger partial charge is 0.497 e. The molecule has 0 bridgehead atoms. The molecule has 0 radical (unpaired) electrons. The average Bonchev–Trinajstić information content (AvgIpc) is 3.22. The number of benzene rings is 3. The average molecular weight is 540 g/mol. The first-order valence-electron chi connectivity index (χ1n) is 12.2. The maximum atomic E-state index is 13.9. The molecule has 4 aromatic rings. The monoisotopic (exact) mass is 539 g/mol. The van der Waals surface area contributed by atoms with Crippen molar-refractivity contribution in [3.05, 3.63) is 121 Å². The van der Waals surface area contributed by atoms with Crippen LogP contribution in [0.3, 0.4) is 0 Å². The predicted molar refractivity (Wildman–Crippen MR) is 150 cm³/mol. The van der Waals surface area contributed by atoms with E-state index < -0.39 is 12.0 Å². The third-order valence-corrected chi connectivity index (χ3v) is 7.11. The number of hydrogen-bond donors (Lipinski definition) is 1. The van der Waals surface area contributed by atoms with Crippen LogP contribution in [-0.2, 0) is 9.59 Å². The van der Waals surface area contributed by atoms with E-state index in [1.54, 1.807) is 55.0 Å². The highest BCUT2D eigenvalue weighted by Gasteiger charge is 2.32. The van der Waals surface area contributed by atoms with E-state index in [-0.39, 0.29) is 11.5 Å². The van der Waals surface area contributed by atoms with E-state index in [0.717, 1.165) is 0 Å². The van der Waals surface area contributed by atoms with Crippen molar-refractivity contribution in [1.29, 1.82) is 0 Å². The van der Waals surface area contributed by atoms with Gasteiger partial charge in [0.1, 0.15) is 11.5 Å². The van der Waals surface area contributed by atoms with Gasteiger partial charge >= 0.3 is 5.97 Å². The highest BCUT2D eigenvalue weighted by molar-refractivity contribution is 7.07. The van der Waals surface area contributed by atoms with E-state index in [1.165, 1.54) is 18.3 Å². The van der Waals surface area contributed by atoms with Gasteiger partial charge in [0, 0.05) is 12.6 Å². The number of carbonyl (C=O) groups is 2. The van der Waals surface area contributed by atoms with Crippen molar-refractivity contribution in [2.75, 3.05) is 12.4 Å². The fraction of sp³-hybridized carbons (Fsp3) is 0.133. The van der Waals surface area contributed by atoms with E-state index in [0.29, 0.717) is 48.9 Å². The normalized spacial score (nSPS) is 14.8. The second kappa shape index (κ2) is 10.9. The van der Waals surface area contributed by atoms with Gasteiger partial charge in [-0.25, -0.2) is 4.99 Å². The number of thiazole rings is 1. The summed E-state index contributed by atoms with van der Waals surface area (Å²) in [5, 5.41) is 2.94. The lowest BCUT2D eigenvalue weighted by Gasteiger charge is -2.25. The number of ether oxygens (including phenoxy) is 2. The smallest absolute Gasteiger partial charge is 0.308 e. The maximum absolute atomic E-state index is 13.9. The number of allylic oxidation sites excluding steroid dienone is 1. The van der Waals surface area contributed by atoms with Gasteiger partial charge in [-0.05, 0) is 60.5 Å². The third-order valence-electron chi connectivity index (χ3n) is 6.12. The van der Waals surface area contributed by atoms with Gasteiger partial charge < -0.3 is 14.8 Å². The molecule has 1 aromatic heterocycles. The Kier molecular flexibility index (Phi) is 7.25. The van der Waals surface area contributed by atoms with Gasteiger partial charge in [0.25, 0.3) is 11.5 Å². The van der Waals surface area contributed by atoms with E-state index in [1.807, 2.05) is 48.5 Å². The van der Waals surface area contributed by atoms with Gasteiger partial charge in [0.05, 0.1) is 29.0 Å². The number of methoxy groups -OCH3 is 1. The fourth-order valence-electron chi connectivity index (χ4n) is 4.44. The number of nitrogens with one attached hydrogen (secondary N) is 1. The molecule has 0 saturated heterocycles. The zero-order valence-corrected chi connectivity index (χ0v) is 22.3. The number of aromatic nitrogens is 1. The Morgan fingerprint density at radius 2 is 1.74 bits per heavy atom. The SMILES string of the molecule is COc1cccc([C@H]2C(C(=O)Nc3ccccc3)=C(C)N=c3s/c(=C\c4cccc(OC(C)=O)c4)c(=O)n32)c1. The first-order chi connectivity index (χ1) is 18.8. The highest BCUT2D eigenvalue weighted by Crippen LogP contribution is 2.32. The molecule has 8 nitrogen and oxygen atoms in total. The number of fused-ring (bicyclic) bond motifs is 1. The third kappa shape index (κ3) is 5.44. The molecule has 0 unspecified atom stereocenters. The molecular formula is C30H25N3O5S. The summed E-state index contributed by atoms with van der Waals surface area (Å²) in [6.07, 6.45) is 1.72. The highest BCUT2D eigenvalue weighted by atomic mass is 32.1. The summed E-state index contributed by atoms with van der Waals surface area (Å²) in [5.74, 6) is 0.212. The molecule has 1 aliphatic heterocycles. The summed E-state index contributed by atoms with van der Waals surface area (Å²) < 4.78 is 12.6. The predicted octanol–water partition coefficient (Wildman–Crippen LogP) is 3.81. The molecule has 196 valence electrons.